The Morgan fingerprint density at radius 1 is 1.30 bits per heavy atom. The molecule has 1 aliphatic rings. The van der Waals surface area contributed by atoms with Crippen LogP contribution in [0.2, 0.25) is 0 Å². The van der Waals surface area contributed by atoms with Gasteiger partial charge in [0.15, 0.2) is 0 Å². The van der Waals surface area contributed by atoms with Crippen LogP contribution in [0.5, 0.6) is 0 Å². The molecule has 23 heavy (non-hydrogen) atoms. The summed E-state index contributed by atoms with van der Waals surface area (Å²) in [6.45, 7) is 5.15. The number of benzene rings is 1. The van der Waals surface area contributed by atoms with E-state index in [1.807, 2.05) is 12.1 Å². The first-order chi connectivity index (χ1) is 11.1. The number of aromatic nitrogens is 1. The smallest absolute Gasteiger partial charge is 0.252 e. The van der Waals surface area contributed by atoms with E-state index in [1.54, 1.807) is 6.20 Å². The van der Waals surface area contributed by atoms with Gasteiger partial charge in [0.1, 0.15) is 0 Å². The van der Waals surface area contributed by atoms with Gasteiger partial charge in [0.05, 0.1) is 11.3 Å². The monoisotopic (exact) mass is 310 g/mol. The van der Waals surface area contributed by atoms with E-state index in [-0.39, 0.29) is 0 Å². The summed E-state index contributed by atoms with van der Waals surface area (Å²) in [5.41, 5.74) is 7.96. The number of nitrogens with one attached hydrogen (secondary N) is 1. The lowest BCUT2D eigenvalue weighted by atomic mass is 10.1. The predicted octanol–water partition coefficient (Wildman–Crippen LogP) is 2.11. The molecule has 0 spiro atoms. The maximum Gasteiger partial charge on any atom is 0.252 e. The lowest BCUT2D eigenvalue weighted by molar-refractivity contribution is 0.100. The van der Waals surface area contributed by atoms with Gasteiger partial charge in [-0.2, -0.15) is 0 Å². The Morgan fingerprint density at radius 2 is 2.09 bits per heavy atom. The molecule has 0 bridgehead atoms. The number of primary amides is 1. The summed E-state index contributed by atoms with van der Waals surface area (Å²) >= 11 is 0. The van der Waals surface area contributed by atoms with Crippen LogP contribution < -0.4 is 11.1 Å². The minimum absolute atomic E-state index is 0.291. The molecule has 5 heteroatoms. The highest BCUT2D eigenvalue weighted by Gasteiger charge is 2.30. The standard InChI is InChI=1S/C18H22N4O/c1-13-10-22(11-14-5-3-2-4-6-14)12-17(13)21-16-7-8-20-9-15(16)18(19)23/h2-9,13,17H,10-12H2,1H3,(H2,19,23)(H,20,21). The van der Waals surface area contributed by atoms with Crippen LogP contribution in [0.25, 0.3) is 0 Å². The minimum atomic E-state index is -0.451. The van der Waals surface area contributed by atoms with E-state index in [2.05, 4.69) is 46.4 Å². The van der Waals surface area contributed by atoms with Crippen LogP contribution in [-0.4, -0.2) is 34.9 Å². The zero-order valence-corrected chi connectivity index (χ0v) is 13.3. The SMILES string of the molecule is CC1CN(Cc2ccccc2)CC1Nc1ccncc1C(N)=O. The maximum atomic E-state index is 11.5. The van der Waals surface area contributed by atoms with Crippen molar-refractivity contribution in [2.24, 2.45) is 11.7 Å². The lowest BCUT2D eigenvalue weighted by Gasteiger charge is -2.19. The van der Waals surface area contributed by atoms with Crippen molar-refractivity contribution < 1.29 is 4.79 Å². The molecule has 3 rings (SSSR count). The van der Waals surface area contributed by atoms with Crippen molar-refractivity contribution in [1.82, 2.24) is 9.88 Å². The Morgan fingerprint density at radius 3 is 2.83 bits per heavy atom. The number of hydrogen-bond donors (Lipinski definition) is 2. The van der Waals surface area contributed by atoms with E-state index in [1.165, 1.54) is 11.8 Å². The van der Waals surface area contributed by atoms with Crippen LogP contribution in [0.4, 0.5) is 5.69 Å². The molecule has 2 atom stereocenters. The van der Waals surface area contributed by atoms with Crippen LogP contribution in [-0.2, 0) is 6.54 Å². The third-order valence-electron chi connectivity index (χ3n) is 4.36. The largest absolute Gasteiger partial charge is 0.380 e. The van der Waals surface area contributed by atoms with Gasteiger partial charge < -0.3 is 11.1 Å². The number of nitrogens with two attached hydrogens (primary N) is 1. The molecular weight excluding hydrogens is 288 g/mol. The summed E-state index contributed by atoms with van der Waals surface area (Å²) in [5.74, 6) is 0.0417. The van der Waals surface area contributed by atoms with Gasteiger partial charge in [-0.3, -0.25) is 14.7 Å². The molecule has 0 aliphatic carbocycles. The first kappa shape index (κ1) is 15.5. The van der Waals surface area contributed by atoms with E-state index in [9.17, 15) is 4.79 Å². The zero-order chi connectivity index (χ0) is 16.2. The van der Waals surface area contributed by atoms with Crippen molar-refractivity contribution >= 4 is 11.6 Å². The fourth-order valence-corrected chi connectivity index (χ4v) is 3.14. The number of carbonyl (C=O) groups excluding carboxylic acids is 1. The molecular formula is C18H22N4O. The molecule has 1 saturated heterocycles. The normalized spacial score (nSPS) is 21.3. The fourth-order valence-electron chi connectivity index (χ4n) is 3.14. The number of rotatable bonds is 5. The van der Waals surface area contributed by atoms with Crippen LogP contribution in [0.15, 0.2) is 48.8 Å². The van der Waals surface area contributed by atoms with E-state index < -0.39 is 5.91 Å². The summed E-state index contributed by atoms with van der Waals surface area (Å²) in [5, 5.41) is 3.47. The maximum absolute atomic E-state index is 11.5. The Kier molecular flexibility index (Phi) is 4.57. The molecule has 1 aromatic carbocycles. The zero-order valence-electron chi connectivity index (χ0n) is 13.3. The van der Waals surface area contributed by atoms with Crippen molar-refractivity contribution in [2.75, 3.05) is 18.4 Å². The lowest BCUT2D eigenvalue weighted by Crippen LogP contribution is -2.29. The fraction of sp³-hybridized carbons (Fsp3) is 0.333. The predicted molar refractivity (Wildman–Crippen MR) is 91.0 cm³/mol. The molecule has 2 unspecified atom stereocenters. The van der Waals surface area contributed by atoms with Crippen LogP contribution in [0, 0.1) is 5.92 Å². The molecule has 2 heterocycles. The van der Waals surface area contributed by atoms with E-state index in [0.29, 0.717) is 17.5 Å². The van der Waals surface area contributed by atoms with Gasteiger partial charge >= 0.3 is 0 Å². The van der Waals surface area contributed by atoms with Gasteiger partial charge in [0, 0.05) is 38.1 Å². The highest BCUT2D eigenvalue weighted by molar-refractivity contribution is 5.98. The Hall–Kier alpha value is -2.40. The molecule has 5 nitrogen and oxygen atoms in total. The average molecular weight is 310 g/mol. The average Bonchev–Trinajstić information content (AvgIpc) is 2.88. The number of anilines is 1. The second-order valence-corrected chi connectivity index (χ2v) is 6.19. The van der Waals surface area contributed by atoms with Crippen LogP contribution in [0.1, 0.15) is 22.8 Å². The van der Waals surface area contributed by atoms with Crippen molar-refractivity contribution in [3.05, 3.63) is 59.9 Å². The highest BCUT2D eigenvalue weighted by atomic mass is 16.1. The topological polar surface area (TPSA) is 71.2 Å². The number of nitrogens with zero attached hydrogens (tertiary/aromatic N) is 2. The molecule has 0 saturated carbocycles. The number of carbonyl (C=O) groups is 1. The van der Waals surface area contributed by atoms with Crippen molar-refractivity contribution in [2.45, 2.75) is 19.5 Å². The third kappa shape index (κ3) is 3.68. The van der Waals surface area contributed by atoms with Crippen LogP contribution >= 0.6 is 0 Å². The first-order valence-electron chi connectivity index (χ1n) is 7.90. The molecule has 1 fully saturated rings. The Balaban J connectivity index is 1.67. The third-order valence-corrected chi connectivity index (χ3v) is 4.36. The summed E-state index contributed by atoms with van der Waals surface area (Å²) in [6.07, 6.45) is 3.20. The van der Waals surface area contributed by atoms with E-state index >= 15 is 0 Å². The van der Waals surface area contributed by atoms with Gasteiger partial charge in [-0.1, -0.05) is 37.3 Å². The van der Waals surface area contributed by atoms with Crippen molar-refractivity contribution in [1.29, 1.82) is 0 Å². The van der Waals surface area contributed by atoms with Gasteiger partial charge in [0.25, 0.3) is 5.91 Å². The molecule has 3 N–H and O–H groups in total. The van der Waals surface area contributed by atoms with Gasteiger partial charge in [-0.05, 0) is 17.5 Å². The molecule has 0 radical (unpaired) electrons. The Bertz CT molecular complexity index is 674. The molecule has 1 amide bonds. The van der Waals surface area contributed by atoms with Gasteiger partial charge in [0.2, 0.25) is 0 Å². The number of pyridine rings is 1. The summed E-state index contributed by atoms with van der Waals surface area (Å²) < 4.78 is 0. The van der Waals surface area contributed by atoms with Crippen molar-refractivity contribution in [3.63, 3.8) is 0 Å². The molecule has 1 aromatic heterocycles. The first-order valence-corrected chi connectivity index (χ1v) is 7.90. The van der Waals surface area contributed by atoms with E-state index in [0.717, 1.165) is 25.3 Å². The number of amides is 1. The molecule has 2 aromatic rings. The quantitative estimate of drug-likeness (QED) is 0.887. The number of likely N-dealkylation sites (tertiary alicyclic amines) is 1. The summed E-state index contributed by atoms with van der Waals surface area (Å²) in [7, 11) is 0. The minimum Gasteiger partial charge on any atom is -0.380 e. The van der Waals surface area contributed by atoms with E-state index in [4.69, 9.17) is 5.73 Å². The molecule has 1 aliphatic heterocycles. The second kappa shape index (κ2) is 6.79. The highest BCUT2D eigenvalue weighted by Crippen LogP contribution is 2.24. The molecule has 120 valence electrons. The Labute approximate surface area is 136 Å². The number of hydrogen-bond acceptors (Lipinski definition) is 4. The van der Waals surface area contributed by atoms with Gasteiger partial charge in [-0.15, -0.1) is 0 Å². The van der Waals surface area contributed by atoms with Crippen molar-refractivity contribution in [3.8, 4) is 0 Å². The second-order valence-electron chi connectivity index (χ2n) is 6.19. The van der Waals surface area contributed by atoms with Crippen LogP contribution in [0.3, 0.4) is 0 Å². The summed E-state index contributed by atoms with van der Waals surface area (Å²) in [4.78, 5) is 17.9. The summed E-state index contributed by atoms with van der Waals surface area (Å²) in [6, 6.07) is 12.6. The van der Waals surface area contributed by atoms with Gasteiger partial charge in [-0.25, -0.2) is 0 Å².